The molecule has 0 aliphatic heterocycles. The molecule has 0 aliphatic carbocycles. The number of hydrogen-bond acceptors (Lipinski definition) is 1. The van der Waals surface area contributed by atoms with Crippen molar-refractivity contribution in [3.8, 4) is 0 Å². The van der Waals surface area contributed by atoms with Crippen LogP contribution in [0.4, 0.5) is 0 Å². The monoisotopic (exact) mass is 206 g/mol. The van der Waals surface area contributed by atoms with Gasteiger partial charge in [-0.05, 0) is 20.3 Å². The van der Waals surface area contributed by atoms with Gasteiger partial charge >= 0.3 is 0 Å². The van der Waals surface area contributed by atoms with Crippen LogP contribution in [0.15, 0.2) is 10.6 Å². The first-order valence-corrected chi connectivity index (χ1v) is 4.25. The van der Waals surface area contributed by atoms with Gasteiger partial charge in [0.15, 0.2) is 0 Å². The first-order valence-electron chi connectivity index (χ1n) is 3.46. The molecule has 0 rings (SSSR count). The van der Waals surface area contributed by atoms with Gasteiger partial charge in [0, 0.05) is 11.6 Å². The van der Waals surface area contributed by atoms with Gasteiger partial charge in [0.25, 0.3) is 0 Å². The largest absolute Gasteiger partial charge is 0.374 e. The Bertz CT molecular complexity index is 127. The number of hydrogen-bond donors (Lipinski definition) is 0. The summed E-state index contributed by atoms with van der Waals surface area (Å²) in [5.74, 6) is 0. The van der Waals surface area contributed by atoms with E-state index in [0.29, 0.717) is 0 Å². The molecule has 0 aromatic rings. The highest BCUT2D eigenvalue weighted by atomic mass is 79.9. The predicted molar refractivity (Wildman–Crippen MR) is 48.4 cm³/mol. The van der Waals surface area contributed by atoms with Crippen LogP contribution in [0.5, 0.6) is 0 Å². The van der Waals surface area contributed by atoms with E-state index in [4.69, 9.17) is 4.74 Å². The topological polar surface area (TPSA) is 9.23 Å². The van der Waals surface area contributed by atoms with E-state index in [1.165, 1.54) is 0 Å². The van der Waals surface area contributed by atoms with Gasteiger partial charge in [-0.1, -0.05) is 28.9 Å². The minimum atomic E-state index is -0.171. The van der Waals surface area contributed by atoms with E-state index in [9.17, 15) is 0 Å². The summed E-state index contributed by atoms with van der Waals surface area (Å²) in [4.78, 5) is 0. The van der Waals surface area contributed by atoms with Crippen LogP contribution in [0.1, 0.15) is 27.2 Å². The Morgan fingerprint density at radius 3 is 2.40 bits per heavy atom. The maximum Gasteiger partial charge on any atom is 0.0932 e. The van der Waals surface area contributed by atoms with E-state index in [1.54, 1.807) is 7.11 Å². The third kappa shape index (κ3) is 2.84. The molecule has 0 saturated carbocycles. The van der Waals surface area contributed by atoms with Gasteiger partial charge in [0.2, 0.25) is 0 Å². The molecule has 10 heavy (non-hydrogen) atoms. The lowest BCUT2D eigenvalue weighted by molar-refractivity contribution is 0.0627. The summed E-state index contributed by atoms with van der Waals surface area (Å²) < 4.78 is 6.35. The van der Waals surface area contributed by atoms with Gasteiger partial charge in [-0.25, -0.2) is 0 Å². The number of rotatable bonds is 3. The Hall–Kier alpha value is 0.180. The van der Waals surface area contributed by atoms with Crippen LogP contribution >= 0.6 is 15.9 Å². The molecule has 0 heterocycles. The standard InChI is InChI=1S/C8H15BrO/c1-5-6-7(9)8(2,3)10-4/h6H,5H2,1-4H3/b7-6+. The molecule has 0 unspecified atom stereocenters. The van der Waals surface area contributed by atoms with Gasteiger partial charge in [0.1, 0.15) is 0 Å². The smallest absolute Gasteiger partial charge is 0.0932 e. The molecule has 0 amide bonds. The lowest BCUT2D eigenvalue weighted by Crippen LogP contribution is -2.22. The Labute approximate surface area is 71.6 Å². The summed E-state index contributed by atoms with van der Waals surface area (Å²) in [6.45, 7) is 6.17. The van der Waals surface area contributed by atoms with Crippen molar-refractivity contribution in [2.75, 3.05) is 7.11 Å². The van der Waals surface area contributed by atoms with E-state index in [-0.39, 0.29) is 5.60 Å². The molecule has 1 nitrogen and oxygen atoms in total. The van der Waals surface area contributed by atoms with Gasteiger partial charge in [0.05, 0.1) is 5.60 Å². The Kier molecular flexibility index (Phi) is 4.22. The average molecular weight is 207 g/mol. The second kappa shape index (κ2) is 4.14. The van der Waals surface area contributed by atoms with Crippen molar-refractivity contribution in [3.05, 3.63) is 10.6 Å². The van der Waals surface area contributed by atoms with Crippen LogP contribution < -0.4 is 0 Å². The molecule has 0 aromatic carbocycles. The highest BCUT2D eigenvalue weighted by Crippen LogP contribution is 2.25. The minimum absolute atomic E-state index is 0.171. The molecule has 0 bridgehead atoms. The maximum atomic E-state index is 5.24. The summed E-state index contributed by atoms with van der Waals surface area (Å²) in [5, 5.41) is 0. The van der Waals surface area contributed by atoms with Gasteiger partial charge in [-0.3, -0.25) is 0 Å². The Morgan fingerprint density at radius 1 is 1.60 bits per heavy atom. The van der Waals surface area contributed by atoms with Gasteiger partial charge < -0.3 is 4.74 Å². The molecule has 2 heteroatoms. The number of ether oxygens (including phenoxy) is 1. The lowest BCUT2D eigenvalue weighted by atomic mass is 10.1. The third-order valence-corrected chi connectivity index (χ3v) is 2.75. The van der Waals surface area contributed by atoms with E-state index < -0.39 is 0 Å². The van der Waals surface area contributed by atoms with Crippen molar-refractivity contribution in [2.45, 2.75) is 32.8 Å². The Balaban J connectivity index is 4.17. The van der Waals surface area contributed by atoms with Gasteiger partial charge in [-0.2, -0.15) is 0 Å². The summed E-state index contributed by atoms with van der Waals surface area (Å²) in [5.41, 5.74) is -0.171. The third-order valence-electron chi connectivity index (χ3n) is 1.47. The van der Waals surface area contributed by atoms with Crippen LogP contribution in [0.3, 0.4) is 0 Å². The lowest BCUT2D eigenvalue weighted by Gasteiger charge is -2.22. The second-order valence-electron chi connectivity index (χ2n) is 2.67. The van der Waals surface area contributed by atoms with Crippen LogP contribution in [0, 0.1) is 0 Å². The van der Waals surface area contributed by atoms with Crippen molar-refractivity contribution >= 4 is 15.9 Å². The molecule has 0 spiro atoms. The van der Waals surface area contributed by atoms with Crippen molar-refractivity contribution in [1.82, 2.24) is 0 Å². The fraction of sp³-hybridized carbons (Fsp3) is 0.750. The molecular formula is C8H15BrO. The normalized spacial score (nSPS) is 13.9. The first kappa shape index (κ1) is 10.2. The van der Waals surface area contributed by atoms with Crippen molar-refractivity contribution < 1.29 is 4.74 Å². The zero-order valence-corrected chi connectivity index (χ0v) is 8.66. The summed E-state index contributed by atoms with van der Waals surface area (Å²) >= 11 is 3.46. The van der Waals surface area contributed by atoms with E-state index in [1.807, 2.05) is 13.8 Å². The van der Waals surface area contributed by atoms with E-state index in [2.05, 4.69) is 28.9 Å². The maximum absolute atomic E-state index is 5.24. The van der Waals surface area contributed by atoms with E-state index >= 15 is 0 Å². The van der Waals surface area contributed by atoms with Crippen LogP contribution in [-0.4, -0.2) is 12.7 Å². The molecule has 0 radical (unpaired) electrons. The fourth-order valence-corrected chi connectivity index (χ4v) is 1.01. The van der Waals surface area contributed by atoms with E-state index in [0.717, 1.165) is 10.9 Å². The highest BCUT2D eigenvalue weighted by Gasteiger charge is 2.19. The molecule has 0 aromatic heterocycles. The molecule has 0 fully saturated rings. The molecule has 0 N–H and O–H groups in total. The van der Waals surface area contributed by atoms with Crippen molar-refractivity contribution in [2.24, 2.45) is 0 Å². The fourth-order valence-electron chi connectivity index (χ4n) is 0.523. The summed E-state index contributed by atoms with van der Waals surface area (Å²) in [6.07, 6.45) is 3.15. The molecule has 60 valence electrons. The zero-order valence-electron chi connectivity index (χ0n) is 7.07. The predicted octanol–water partition coefficient (Wildman–Crippen LogP) is 3.10. The highest BCUT2D eigenvalue weighted by molar-refractivity contribution is 9.11. The van der Waals surface area contributed by atoms with Crippen LogP contribution in [-0.2, 0) is 4.74 Å². The minimum Gasteiger partial charge on any atom is -0.374 e. The number of halogens is 1. The average Bonchev–Trinajstić information content (AvgIpc) is 1.89. The first-order chi connectivity index (χ1) is 4.54. The summed E-state index contributed by atoms with van der Waals surface area (Å²) in [6, 6.07) is 0. The van der Waals surface area contributed by atoms with Crippen molar-refractivity contribution in [1.29, 1.82) is 0 Å². The summed E-state index contributed by atoms with van der Waals surface area (Å²) in [7, 11) is 1.71. The Morgan fingerprint density at radius 2 is 2.10 bits per heavy atom. The quantitative estimate of drug-likeness (QED) is 0.690. The molecule has 0 atom stereocenters. The zero-order chi connectivity index (χ0) is 8.20. The molecular weight excluding hydrogens is 192 g/mol. The van der Waals surface area contributed by atoms with Crippen molar-refractivity contribution in [3.63, 3.8) is 0 Å². The van der Waals surface area contributed by atoms with Crippen LogP contribution in [0.25, 0.3) is 0 Å². The molecule has 0 saturated heterocycles. The van der Waals surface area contributed by atoms with Gasteiger partial charge in [-0.15, -0.1) is 0 Å². The second-order valence-corrected chi connectivity index (χ2v) is 3.53. The number of allylic oxidation sites excluding steroid dienone is 1. The van der Waals surface area contributed by atoms with Crippen LogP contribution in [0.2, 0.25) is 0 Å². The molecule has 0 aliphatic rings. The SMILES string of the molecule is CC/C=C(/Br)C(C)(C)OC. The number of methoxy groups -OCH3 is 1.